The molecule has 3 aromatic rings. The van der Waals surface area contributed by atoms with Gasteiger partial charge in [-0.05, 0) is 37.5 Å². The number of nitrogens with zero attached hydrogens (tertiary/aromatic N) is 4. The van der Waals surface area contributed by atoms with Crippen LogP contribution in [0.2, 0.25) is 0 Å². The summed E-state index contributed by atoms with van der Waals surface area (Å²) in [5.41, 5.74) is 4.82. The number of benzene rings is 1. The molecule has 1 atom stereocenters. The molecule has 8 nitrogen and oxygen atoms in total. The Balaban J connectivity index is 1.67. The van der Waals surface area contributed by atoms with Gasteiger partial charge in [-0.25, -0.2) is 23.9 Å². The lowest BCUT2D eigenvalue weighted by Gasteiger charge is -2.11. The molecule has 1 aromatic carbocycles. The third kappa shape index (κ3) is 3.90. The first-order valence-corrected chi connectivity index (χ1v) is 10.9. The minimum atomic E-state index is -2.00. The fourth-order valence-electron chi connectivity index (χ4n) is 3.24. The maximum atomic E-state index is 10.8. The molecular formula is C18H21N5O3S2. The zero-order valence-electron chi connectivity index (χ0n) is 15.6. The van der Waals surface area contributed by atoms with Gasteiger partial charge in [-0.2, -0.15) is 0 Å². The SMILES string of the molecule is Cc1cc2c(cc1Sc1nc3c(C)ncnc3n1CCCNS(=O)O)OCC2. The Morgan fingerprint density at radius 2 is 2.21 bits per heavy atom. The van der Waals surface area contributed by atoms with Crippen molar-refractivity contribution in [1.82, 2.24) is 24.2 Å². The van der Waals surface area contributed by atoms with Gasteiger partial charge in [-0.3, -0.25) is 4.55 Å². The summed E-state index contributed by atoms with van der Waals surface area (Å²) in [5, 5.41) is 0.824. The highest BCUT2D eigenvalue weighted by molar-refractivity contribution is 7.99. The molecule has 0 bridgehead atoms. The van der Waals surface area contributed by atoms with Crippen LogP contribution in [0, 0.1) is 13.8 Å². The molecule has 28 heavy (non-hydrogen) atoms. The van der Waals surface area contributed by atoms with Crippen LogP contribution in [0.5, 0.6) is 5.75 Å². The molecule has 0 saturated carbocycles. The monoisotopic (exact) mass is 419 g/mol. The first kappa shape index (κ1) is 19.3. The number of aryl methyl sites for hydroxylation is 3. The van der Waals surface area contributed by atoms with Gasteiger partial charge in [0.15, 0.2) is 10.8 Å². The quantitative estimate of drug-likeness (QED) is 0.448. The molecule has 0 amide bonds. The van der Waals surface area contributed by atoms with Crippen LogP contribution in [-0.4, -0.2) is 41.4 Å². The molecule has 1 aliphatic heterocycles. The molecule has 148 valence electrons. The molecule has 0 spiro atoms. The van der Waals surface area contributed by atoms with Crippen molar-refractivity contribution in [2.45, 2.75) is 43.3 Å². The van der Waals surface area contributed by atoms with Crippen molar-refractivity contribution >= 4 is 34.2 Å². The zero-order valence-corrected chi connectivity index (χ0v) is 17.3. The predicted octanol–water partition coefficient (Wildman–Crippen LogP) is 2.65. The number of fused-ring (bicyclic) bond motifs is 2. The number of nitrogens with one attached hydrogen (secondary N) is 1. The third-order valence-corrected chi connectivity index (χ3v) is 6.26. The largest absolute Gasteiger partial charge is 0.493 e. The summed E-state index contributed by atoms with van der Waals surface area (Å²) >= 11 is -0.424. The number of ether oxygens (including phenoxy) is 1. The number of imidazole rings is 1. The van der Waals surface area contributed by atoms with Crippen LogP contribution < -0.4 is 9.46 Å². The summed E-state index contributed by atoms with van der Waals surface area (Å²) in [6.45, 7) is 5.79. The van der Waals surface area contributed by atoms with Gasteiger partial charge in [0, 0.05) is 24.4 Å². The van der Waals surface area contributed by atoms with E-state index in [0.717, 1.165) is 45.7 Å². The summed E-state index contributed by atoms with van der Waals surface area (Å²) in [6, 6.07) is 4.27. The summed E-state index contributed by atoms with van der Waals surface area (Å²) in [4.78, 5) is 14.6. The second kappa shape index (κ2) is 8.16. The minimum absolute atomic E-state index is 0.419. The molecule has 4 rings (SSSR count). The first-order chi connectivity index (χ1) is 13.5. The lowest BCUT2D eigenvalue weighted by atomic mass is 10.1. The molecular weight excluding hydrogens is 398 g/mol. The Morgan fingerprint density at radius 1 is 1.36 bits per heavy atom. The van der Waals surface area contributed by atoms with Gasteiger partial charge >= 0.3 is 0 Å². The Labute approximate surface area is 169 Å². The maximum absolute atomic E-state index is 10.8. The summed E-state index contributed by atoms with van der Waals surface area (Å²) in [5.74, 6) is 0.946. The Kier molecular flexibility index (Phi) is 5.63. The lowest BCUT2D eigenvalue weighted by molar-refractivity contribution is 0.356. The molecule has 10 heteroatoms. The van der Waals surface area contributed by atoms with Gasteiger partial charge in [-0.1, -0.05) is 17.8 Å². The molecule has 0 radical (unpaired) electrons. The van der Waals surface area contributed by atoms with Crippen molar-refractivity contribution in [2.75, 3.05) is 13.2 Å². The van der Waals surface area contributed by atoms with E-state index < -0.39 is 11.3 Å². The second-order valence-electron chi connectivity index (χ2n) is 6.60. The van der Waals surface area contributed by atoms with Gasteiger partial charge < -0.3 is 9.30 Å². The van der Waals surface area contributed by atoms with E-state index in [0.29, 0.717) is 19.5 Å². The van der Waals surface area contributed by atoms with E-state index in [1.54, 1.807) is 18.1 Å². The van der Waals surface area contributed by atoms with Gasteiger partial charge in [-0.15, -0.1) is 0 Å². The average molecular weight is 420 g/mol. The number of rotatable bonds is 7. The minimum Gasteiger partial charge on any atom is -0.493 e. The maximum Gasteiger partial charge on any atom is 0.231 e. The third-order valence-electron chi connectivity index (χ3n) is 4.65. The second-order valence-corrected chi connectivity index (χ2v) is 8.40. The summed E-state index contributed by atoms with van der Waals surface area (Å²) in [6.07, 6.45) is 3.16. The van der Waals surface area contributed by atoms with Crippen LogP contribution >= 0.6 is 11.8 Å². The van der Waals surface area contributed by atoms with Crippen molar-refractivity contribution in [3.05, 3.63) is 35.3 Å². The van der Waals surface area contributed by atoms with E-state index in [2.05, 4.69) is 33.7 Å². The van der Waals surface area contributed by atoms with Gasteiger partial charge in [0.1, 0.15) is 17.6 Å². The number of hydrogen-bond acceptors (Lipinski definition) is 6. The Bertz CT molecular complexity index is 1050. The van der Waals surface area contributed by atoms with Crippen molar-refractivity contribution < 1.29 is 13.5 Å². The molecule has 0 aliphatic carbocycles. The molecule has 3 heterocycles. The molecule has 0 fully saturated rings. The average Bonchev–Trinajstić information content (AvgIpc) is 3.24. The number of aromatic nitrogens is 4. The first-order valence-electron chi connectivity index (χ1n) is 8.99. The lowest BCUT2D eigenvalue weighted by Crippen LogP contribution is -2.19. The normalized spacial score (nSPS) is 14.2. The van der Waals surface area contributed by atoms with E-state index in [4.69, 9.17) is 14.3 Å². The molecule has 2 N–H and O–H groups in total. The Morgan fingerprint density at radius 3 is 3.04 bits per heavy atom. The van der Waals surface area contributed by atoms with Crippen LogP contribution in [-0.2, 0) is 24.2 Å². The standard InChI is InChI=1S/C18H21N5O3S2/c1-11-8-13-4-7-26-14(13)9-15(11)27-18-22-16-12(2)19-10-20-17(16)23(18)6-3-5-21-28(24)25/h8-10,21H,3-7H2,1-2H3,(H,24,25). The fraction of sp³-hybridized carbons (Fsp3) is 0.389. The van der Waals surface area contributed by atoms with Gasteiger partial charge in [0.25, 0.3) is 0 Å². The van der Waals surface area contributed by atoms with E-state index in [-0.39, 0.29) is 0 Å². The zero-order chi connectivity index (χ0) is 19.7. The van der Waals surface area contributed by atoms with E-state index in [9.17, 15) is 4.21 Å². The predicted molar refractivity (Wildman–Crippen MR) is 108 cm³/mol. The van der Waals surface area contributed by atoms with Gasteiger partial charge in [0.05, 0.1) is 12.3 Å². The summed E-state index contributed by atoms with van der Waals surface area (Å²) < 4.78 is 30.0. The highest BCUT2D eigenvalue weighted by Crippen LogP contribution is 2.37. The smallest absolute Gasteiger partial charge is 0.231 e. The van der Waals surface area contributed by atoms with E-state index in [1.807, 2.05) is 11.5 Å². The van der Waals surface area contributed by atoms with E-state index in [1.165, 1.54) is 11.1 Å². The molecule has 1 aliphatic rings. The van der Waals surface area contributed by atoms with Crippen molar-refractivity contribution in [3.8, 4) is 5.75 Å². The Hall–Kier alpha value is -2.01. The molecule has 2 aromatic heterocycles. The topological polar surface area (TPSA) is 102 Å². The van der Waals surface area contributed by atoms with Crippen LogP contribution in [0.25, 0.3) is 11.2 Å². The van der Waals surface area contributed by atoms with Gasteiger partial charge in [0.2, 0.25) is 11.3 Å². The van der Waals surface area contributed by atoms with Crippen molar-refractivity contribution in [3.63, 3.8) is 0 Å². The van der Waals surface area contributed by atoms with Crippen LogP contribution in [0.1, 0.15) is 23.2 Å². The number of hydrogen-bond donors (Lipinski definition) is 2. The van der Waals surface area contributed by atoms with Crippen LogP contribution in [0.15, 0.2) is 28.5 Å². The fourth-order valence-corrected chi connectivity index (χ4v) is 4.57. The van der Waals surface area contributed by atoms with Crippen molar-refractivity contribution in [2.24, 2.45) is 0 Å². The highest BCUT2D eigenvalue weighted by atomic mass is 32.2. The van der Waals surface area contributed by atoms with Crippen LogP contribution in [0.4, 0.5) is 0 Å². The van der Waals surface area contributed by atoms with Crippen molar-refractivity contribution in [1.29, 1.82) is 0 Å². The molecule has 1 unspecified atom stereocenters. The molecule has 0 saturated heterocycles. The van der Waals surface area contributed by atoms with Crippen LogP contribution in [0.3, 0.4) is 0 Å². The van der Waals surface area contributed by atoms with E-state index >= 15 is 0 Å². The highest BCUT2D eigenvalue weighted by Gasteiger charge is 2.19. The summed E-state index contributed by atoms with van der Waals surface area (Å²) in [7, 11) is 0.